The quantitative estimate of drug-likeness (QED) is 0.750. The number of halogens is 4. The molecule has 5 heteroatoms. The van der Waals surface area contributed by atoms with E-state index in [4.69, 9.17) is 23.2 Å². The highest BCUT2D eigenvalue weighted by atomic mass is 35.5. The standard InChI is InChI=1S/C11H4Cl2F2N/c12-6-3-9(13)11(16-5-6)8-2-1-7(14)4-10(8)15/h1-3,5H. The predicted octanol–water partition coefficient (Wildman–Crippen LogP) is 4.13. The van der Waals surface area contributed by atoms with Crippen LogP contribution in [0.4, 0.5) is 8.78 Å². The number of rotatable bonds is 1. The van der Waals surface area contributed by atoms with Crippen molar-refractivity contribution in [3.8, 4) is 11.3 Å². The summed E-state index contributed by atoms with van der Waals surface area (Å²) < 4.78 is 26.0. The van der Waals surface area contributed by atoms with Gasteiger partial charge in [0.15, 0.2) is 0 Å². The third-order valence-corrected chi connectivity index (χ3v) is 2.42. The number of hydrogen-bond donors (Lipinski definition) is 0. The lowest BCUT2D eigenvalue weighted by atomic mass is 10.1. The van der Waals surface area contributed by atoms with Crippen LogP contribution in [-0.2, 0) is 0 Å². The summed E-state index contributed by atoms with van der Waals surface area (Å²) in [6, 6.07) is 5.69. The van der Waals surface area contributed by atoms with Crippen molar-refractivity contribution in [2.75, 3.05) is 0 Å². The minimum atomic E-state index is -0.836. The molecule has 1 radical (unpaired) electrons. The lowest BCUT2D eigenvalue weighted by Gasteiger charge is -2.04. The molecular formula is C11H4Cl2F2N. The van der Waals surface area contributed by atoms with Gasteiger partial charge < -0.3 is 0 Å². The molecule has 0 fully saturated rings. The van der Waals surface area contributed by atoms with Crippen LogP contribution in [0.25, 0.3) is 11.3 Å². The van der Waals surface area contributed by atoms with Crippen molar-refractivity contribution in [2.45, 2.75) is 0 Å². The molecule has 1 aromatic heterocycles. The Bertz CT molecular complexity index is 494. The van der Waals surface area contributed by atoms with Gasteiger partial charge in [-0.25, -0.2) is 8.78 Å². The summed E-state index contributed by atoms with van der Waals surface area (Å²) in [7, 11) is 0. The monoisotopic (exact) mass is 258 g/mol. The maximum Gasteiger partial charge on any atom is 0.143 e. The number of benzene rings is 1. The Balaban J connectivity index is 2.59. The fourth-order valence-electron chi connectivity index (χ4n) is 1.24. The van der Waals surface area contributed by atoms with E-state index >= 15 is 0 Å². The molecule has 2 aromatic rings. The fraction of sp³-hybridized carbons (Fsp3) is 0. The van der Waals surface area contributed by atoms with E-state index in [9.17, 15) is 8.78 Å². The van der Waals surface area contributed by atoms with E-state index in [0.717, 1.165) is 6.07 Å². The Hall–Kier alpha value is -1.19. The molecule has 0 unspecified atom stereocenters. The molecule has 0 bridgehead atoms. The second kappa shape index (κ2) is 4.36. The Labute approximate surface area is 101 Å². The summed E-state index contributed by atoms with van der Waals surface area (Å²) in [6.07, 6.45) is 1.34. The normalized spacial score (nSPS) is 10.5. The van der Waals surface area contributed by atoms with Crippen molar-refractivity contribution in [2.24, 2.45) is 0 Å². The molecule has 0 saturated heterocycles. The average molecular weight is 259 g/mol. The van der Waals surface area contributed by atoms with Crippen molar-refractivity contribution in [3.63, 3.8) is 0 Å². The Morgan fingerprint density at radius 2 is 1.94 bits per heavy atom. The Kier molecular flexibility index (Phi) is 3.08. The van der Waals surface area contributed by atoms with Crippen LogP contribution in [0, 0.1) is 17.7 Å². The van der Waals surface area contributed by atoms with Gasteiger partial charge in [0.2, 0.25) is 0 Å². The van der Waals surface area contributed by atoms with Crippen LogP contribution in [0.2, 0.25) is 10.0 Å². The van der Waals surface area contributed by atoms with E-state index in [0.29, 0.717) is 5.02 Å². The first-order valence-corrected chi connectivity index (χ1v) is 5.02. The molecular weight excluding hydrogens is 255 g/mol. The molecule has 0 atom stereocenters. The van der Waals surface area contributed by atoms with Crippen molar-refractivity contribution in [1.29, 1.82) is 0 Å². The first kappa shape index (κ1) is 11.3. The van der Waals surface area contributed by atoms with E-state index in [2.05, 4.69) is 4.98 Å². The Morgan fingerprint density at radius 1 is 1.19 bits per heavy atom. The molecule has 1 nitrogen and oxygen atoms in total. The van der Waals surface area contributed by atoms with Gasteiger partial charge in [-0.3, -0.25) is 4.98 Å². The third-order valence-electron chi connectivity index (χ3n) is 1.92. The van der Waals surface area contributed by atoms with Crippen LogP contribution in [0.1, 0.15) is 0 Å². The van der Waals surface area contributed by atoms with Crippen molar-refractivity contribution < 1.29 is 8.78 Å². The molecule has 16 heavy (non-hydrogen) atoms. The summed E-state index contributed by atoms with van der Waals surface area (Å²) in [6.45, 7) is 0. The minimum Gasteiger partial charge on any atom is -0.253 e. The van der Waals surface area contributed by atoms with E-state index in [1.165, 1.54) is 18.3 Å². The van der Waals surface area contributed by atoms with E-state index in [1.54, 1.807) is 0 Å². The van der Waals surface area contributed by atoms with Gasteiger partial charge >= 0.3 is 0 Å². The maximum absolute atomic E-state index is 13.4. The molecule has 0 spiro atoms. The molecule has 1 aromatic carbocycles. The van der Waals surface area contributed by atoms with Gasteiger partial charge in [0.1, 0.15) is 11.6 Å². The molecule has 81 valence electrons. The molecule has 0 saturated carbocycles. The van der Waals surface area contributed by atoms with Gasteiger partial charge in [-0.05, 0) is 18.2 Å². The van der Waals surface area contributed by atoms with Crippen molar-refractivity contribution >= 4 is 23.2 Å². The zero-order valence-electron chi connectivity index (χ0n) is 7.77. The fourth-order valence-corrected chi connectivity index (χ4v) is 1.72. The van der Waals surface area contributed by atoms with E-state index in [-0.39, 0.29) is 16.3 Å². The lowest BCUT2D eigenvalue weighted by Crippen LogP contribution is -1.90. The highest BCUT2D eigenvalue weighted by Crippen LogP contribution is 2.29. The zero-order chi connectivity index (χ0) is 11.7. The van der Waals surface area contributed by atoms with Gasteiger partial charge in [0.25, 0.3) is 0 Å². The zero-order valence-corrected chi connectivity index (χ0v) is 9.28. The molecule has 0 aliphatic rings. The summed E-state index contributed by atoms with van der Waals surface area (Å²) in [4.78, 5) is 3.89. The van der Waals surface area contributed by atoms with Crippen molar-refractivity contribution in [3.05, 3.63) is 52.1 Å². The van der Waals surface area contributed by atoms with E-state index in [1.807, 2.05) is 6.07 Å². The number of hydrogen-bond acceptors (Lipinski definition) is 1. The van der Waals surface area contributed by atoms with Crippen LogP contribution in [0.3, 0.4) is 0 Å². The van der Waals surface area contributed by atoms with Gasteiger partial charge in [0, 0.05) is 11.8 Å². The summed E-state index contributed by atoms with van der Waals surface area (Å²) >= 11 is 11.5. The molecule has 0 N–H and O–H groups in total. The minimum absolute atomic E-state index is 0.0862. The van der Waals surface area contributed by atoms with Gasteiger partial charge in [0.05, 0.1) is 21.8 Å². The SMILES string of the molecule is Fc1[c]c(F)c(-c2ncc(Cl)cc2Cl)cc1. The van der Waals surface area contributed by atoms with Gasteiger partial charge in [-0.1, -0.05) is 23.2 Å². The highest BCUT2D eigenvalue weighted by Gasteiger charge is 2.11. The first-order valence-electron chi connectivity index (χ1n) is 4.26. The molecule has 0 amide bonds. The molecule has 0 aliphatic heterocycles. The summed E-state index contributed by atoms with van der Waals surface area (Å²) in [5, 5.41) is 0.548. The molecule has 0 aliphatic carbocycles. The smallest absolute Gasteiger partial charge is 0.143 e. The van der Waals surface area contributed by atoms with Crippen molar-refractivity contribution in [1.82, 2.24) is 4.98 Å². The van der Waals surface area contributed by atoms with Crippen LogP contribution in [0.15, 0.2) is 24.4 Å². The molecule has 1 heterocycles. The highest BCUT2D eigenvalue weighted by molar-refractivity contribution is 6.36. The predicted molar refractivity (Wildman–Crippen MR) is 58.4 cm³/mol. The van der Waals surface area contributed by atoms with Crippen LogP contribution < -0.4 is 0 Å². The first-order chi connectivity index (χ1) is 7.58. The Morgan fingerprint density at radius 3 is 2.56 bits per heavy atom. The topological polar surface area (TPSA) is 12.9 Å². The molecule has 2 rings (SSSR count). The van der Waals surface area contributed by atoms with Crippen LogP contribution >= 0.6 is 23.2 Å². The van der Waals surface area contributed by atoms with Crippen LogP contribution in [-0.4, -0.2) is 4.98 Å². The van der Waals surface area contributed by atoms with E-state index < -0.39 is 11.6 Å². The van der Waals surface area contributed by atoms with Crippen LogP contribution in [0.5, 0.6) is 0 Å². The second-order valence-electron chi connectivity index (χ2n) is 3.02. The number of aromatic nitrogens is 1. The lowest BCUT2D eigenvalue weighted by molar-refractivity contribution is 0.581. The number of pyridine rings is 1. The van der Waals surface area contributed by atoms with Gasteiger partial charge in [-0.15, -0.1) is 0 Å². The third kappa shape index (κ3) is 2.15. The number of nitrogens with zero attached hydrogens (tertiary/aromatic N) is 1. The summed E-state index contributed by atoms with van der Waals surface area (Å²) in [5.41, 5.74) is 0.294. The second-order valence-corrected chi connectivity index (χ2v) is 3.86. The van der Waals surface area contributed by atoms with Gasteiger partial charge in [-0.2, -0.15) is 0 Å². The summed E-state index contributed by atoms with van der Waals surface area (Å²) in [5.74, 6) is -1.61. The largest absolute Gasteiger partial charge is 0.253 e. The maximum atomic E-state index is 13.4. The average Bonchev–Trinajstić information content (AvgIpc) is 2.19.